The lowest BCUT2D eigenvalue weighted by Crippen LogP contribution is -2.25. The van der Waals surface area contributed by atoms with Crippen LogP contribution in [0.4, 0.5) is 5.69 Å². The standard InChI is InChI=1S/C21H26N2O4/c1-15-5-10-19(16(2)13-15)27-14-20(24)23-18-8-6-17(7-9-18)21(25)22-11-4-12-26-3/h5-10,13H,4,11-12,14H2,1-3H3,(H,22,25)(H,23,24). The Labute approximate surface area is 159 Å². The summed E-state index contributed by atoms with van der Waals surface area (Å²) in [5.41, 5.74) is 3.29. The summed E-state index contributed by atoms with van der Waals surface area (Å²) in [4.78, 5) is 24.1. The molecule has 0 saturated heterocycles. The van der Waals surface area contributed by atoms with Crippen molar-refractivity contribution in [2.75, 3.05) is 32.2 Å². The average molecular weight is 370 g/mol. The Balaban J connectivity index is 1.81. The van der Waals surface area contributed by atoms with Gasteiger partial charge in [-0.05, 0) is 56.2 Å². The molecule has 0 bridgehead atoms. The molecule has 0 unspecified atom stereocenters. The van der Waals surface area contributed by atoms with Crippen molar-refractivity contribution in [1.29, 1.82) is 0 Å². The minimum atomic E-state index is -0.258. The first-order chi connectivity index (χ1) is 13.0. The number of ether oxygens (including phenoxy) is 2. The highest BCUT2D eigenvalue weighted by Crippen LogP contribution is 2.18. The van der Waals surface area contributed by atoms with Gasteiger partial charge in [0.2, 0.25) is 0 Å². The van der Waals surface area contributed by atoms with Crippen molar-refractivity contribution in [1.82, 2.24) is 5.32 Å². The summed E-state index contributed by atoms with van der Waals surface area (Å²) >= 11 is 0. The molecule has 144 valence electrons. The van der Waals surface area contributed by atoms with E-state index >= 15 is 0 Å². The Morgan fingerprint density at radius 3 is 2.44 bits per heavy atom. The van der Waals surface area contributed by atoms with Gasteiger partial charge in [-0.25, -0.2) is 0 Å². The van der Waals surface area contributed by atoms with Crippen LogP contribution in [0.3, 0.4) is 0 Å². The second kappa shape index (κ2) is 10.3. The maximum atomic E-state index is 12.1. The molecule has 0 aliphatic rings. The molecule has 0 heterocycles. The molecule has 0 saturated carbocycles. The van der Waals surface area contributed by atoms with E-state index in [2.05, 4.69) is 10.6 Å². The average Bonchev–Trinajstić information content (AvgIpc) is 2.65. The first-order valence-corrected chi connectivity index (χ1v) is 8.86. The smallest absolute Gasteiger partial charge is 0.262 e. The van der Waals surface area contributed by atoms with E-state index in [1.807, 2.05) is 32.0 Å². The van der Waals surface area contributed by atoms with Crippen LogP contribution in [0, 0.1) is 13.8 Å². The number of benzene rings is 2. The molecular formula is C21H26N2O4. The van der Waals surface area contributed by atoms with Crippen molar-refractivity contribution >= 4 is 17.5 Å². The summed E-state index contributed by atoms with van der Waals surface area (Å²) in [6, 6.07) is 12.5. The third kappa shape index (κ3) is 6.75. The molecule has 6 heteroatoms. The second-order valence-corrected chi connectivity index (χ2v) is 6.29. The summed E-state index contributed by atoms with van der Waals surface area (Å²) in [7, 11) is 1.63. The molecule has 0 aromatic heterocycles. The molecule has 0 fully saturated rings. The number of aryl methyl sites for hydroxylation is 2. The minimum Gasteiger partial charge on any atom is -0.483 e. The van der Waals surface area contributed by atoms with E-state index in [9.17, 15) is 9.59 Å². The predicted octanol–water partition coefficient (Wildman–Crippen LogP) is 3.09. The van der Waals surface area contributed by atoms with Gasteiger partial charge < -0.3 is 20.1 Å². The van der Waals surface area contributed by atoms with Crippen LogP contribution in [0.5, 0.6) is 5.75 Å². The van der Waals surface area contributed by atoms with Crippen molar-refractivity contribution in [3.8, 4) is 5.75 Å². The zero-order valence-electron chi connectivity index (χ0n) is 16.0. The number of nitrogens with one attached hydrogen (secondary N) is 2. The number of anilines is 1. The van der Waals surface area contributed by atoms with E-state index < -0.39 is 0 Å². The molecule has 2 N–H and O–H groups in total. The molecule has 2 aromatic carbocycles. The Morgan fingerprint density at radius 1 is 1.04 bits per heavy atom. The normalized spacial score (nSPS) is 10.3. The van der Waals surface area contributed by atoms with Crippen molar-refractivity contribution < 1.29 is 19.1 Å². The SMILES string of the molecule is COCCCNC(=O)c1ccc(NC(=O)COc2ccc(C)cc2C)cc1. The van der Waals surface area contributed by atoms with Gasteiger partial charge in [-0.1, -0.05) is 17.7 Å². The Bertz CT molecular complexity index is 772. The minimum absolute atomic E-state index is 0.0777. The first-order valence-electron chi connectivity index (χ1n) is 8.86. The molecule has 2 rings (SSSR count). The van der Waals surface area contributed by atoms with Gasteiger partial charge in [0.05, 0.1) is 0 Å². The van der Waals surface area contributed by atoms with Crippen LogP contribution in [0.2, 0.25) is 0 Å². The fourth-order valence-corrected chi connectivity index (χ4v) is 2.53. The van der Waals surface area contributed by atoms with Gasteiger partial charge >= 0.3 is 0 Å². The quantitative estimate of drug-likeness (QED) is 0.665. The first kappa shape index (κ1) is 20.5. The zero-order valence-corrected chi connectivity index (χ0v) is 16.0. The van der Waals surface area contributed by atoms with Crippen LogP contribution in [0.25, 0.3) is 0 Å². The summed E-state index contributed by atoms with van der Waals surface area (Å²) in [6.07, 6.45) is 0.761. The Morgan fingerprint density at radius 2 is 1.78 bits per heavy atom. The number of carbonyl (C=O) groups is 2. The molecule has 0 radical (unpaired) electrons. The van der Waals surface area contributed by atoms with E-state index in [1.54, 1.807) is 31.4 Å². The molecule has 2 amide bonds. The lowest BCUT2D eigenvalue weighted by atomic mass is 10.1. The highest BCUT2D eigenvalue weighted by molar-refractivity contribution is 5.96. The maximum absolute atomic E-state index is 12.1. The molecule has 2 aromatic rings. The van der Waals surface area contributed by atoms with Crippen LogP contribution >= 0.6 is 0 Å². The van der Waals surface area contributed by atoms with Gasteiger partial charge in [0.25, 0.3) is 11.8 Å². The number of hydrogen-bond donors (Lipinski definition) is 2. The molecule has 0 spiro atoms. The Hall–Kier alpha value is -2.86. The number of carbonyl (C=O) groups excluding carboxylic acids is 2. The number of hydrogen-bond acceptors (Lipinski definition) is 4. The number of rotatable bonds is 9. The van der Waals surface area contributed by atoms with Crippen molar-refractivity contribution in [2.45, 2.75) is 20.3 Å². The fraction of sp³-hybridized carbons (Fsp3) is 0.333. The summed E-state index contributed by atoms with van der Waals surface area (Å²) in [6.45, 7) is 5.04. The summed E-state index contributed by atoms with van der Waals surface area (Å²) < 4.78 is 10.5. The van der Waals surface area contributed by atoms with Gasteiger partial charge in [0, 0.05) is 31.5 Å². The van der Waals surface area contributed by atoms with Crippen LogP contribution in [0.15, 0.2) is 42.5 Å². The fourth-order valence-electron chi connectivity index (χ4n) is 2.53. The molecule has 0 aliphatic carbocycles. The largest absolute Gasteiger partial charge is 0.483 e. The second-order valence-electron chi connectivity index (χ2n) is 6.29. The zero-order chi connectivity index (χ0) is 19.6. The molecular weight excluding hydrogens is 344 g/mol. The molecule has 0 atom stereocenters. The lowest BCUT2D eigenvalue weighted by Gasteiger charge is -2.10. The van der Waals surface area contributed by atoms with Crippen molar-refractivity contribution in [3.63, 3.8) is 0 Å². The van der Waals surface area contributed by atoms with E-state index in [4.69, 9.17) is 9.47 Å². The third-order valence-electron chi connectivity index (χ3n) is 3.93. The highest BCUT2D eigenvalue weighted by Gasteiger charge is 2.08. The van der Waals surface area contributed by atoms with Crippen LogP contribution < -0.4 is 15.4 Å². The monoisotopic (exact) mass is 370 g/mol. The summed E-state index contributed by atoms with van der Waals surface area (Å²) in [5.74, 6) is 0.283. The predicted molar refractivity (Wildman–Crippen MR) is 105 cm³/mol. The topological polar surface area (TPSA) is 76.7 Å². The Kier molecular flexibility index (Phi) is 7.82. The van der Waals surface area contributed by atoms with Crippen molar-refractivity contribution in [2.24, 2.45) is 0 Å². The highest BCUT2D eigenvalue weighted by atomic mass is 16.5. The number of methoxy groups -OCH3 is 1. The van der Waals surface area contributed by atoms with Crippen LogP contribution in [-0.2, 0) is 9.53 Å². The van der Waals surface area contributed by atoms with Gasteiger partial charge in [0.15, 0.2) is 6.61 Å². The molecule has 27 heavy (non-hydrogen) atoms. The third-order valence-corrected chi connectivity index (χ3v) is 3.93. The van der Waals surface area contributed by atoms with E-state index in [0.717, 1.165) is 17.5 Å². The van der Waals surface area contributed by atoms with Crippen molar-refractivity contribution in [3.05, 3.63) is 59.2 Å². The van der Waals surface area contributed by atoms with Gasteiger partial charge in [-0.15, -0.1) is 0 Å². The lowest BCUT2D eigenvalue weighted by molar-refractivity contribution is -0.118. The molecule has 0 aliphatic heterocycles. The van der Waals surface area contributed by atoms with Crippen LogP contribution in [-0.4, -0.2) is 38.7 Å². The van der Waals surface area contributed by atoms with Gasteiger partial charge in [-0.2, -0.15) is 0 Å². The van der Waals surface area contributed by atoms with Gasteiger partial charge in [0.1, 0.15) is 5.75 Å². The molecule has 6 nitrogen and oxygen atoms in total. The maximum Gasteiger partial charge on any atom is 0.262 e. The van der Waals surface area contributed by atoms with E-state index in [1.165, 1.54) is 0 Å². The number of amides is 2. The van der Waals surface area contributed by atoms with E-state index in [-0.39, 0.29) is 18.4 Å². The van der Waals surface area contributed by atoms with Crippen LogP contribution in [0.1, 0.15) is 27.9 Å². The summed E-state index contributed by atoms with van der Waals surface area (Å²) in [5, 5.41) is 5.57. The van der Waals surface area contributed by atoms with E-state index in [0.29, 0.717) is 30.2 Å². The van der Waals surface area contributed by atoms with Gasteiger partial charge in [-0.3, -0.25) is 9.59 Å².